The Hall–Kier alpha value is -3.98. The Balaban J connectivity index is 1.50. The molecule has 0 saturated heterocycles. The Labute approximate surface area is 206 Å². The van der Waals surface area contributed by atoms with Gasteiger partial charge in [0, 0.05) is 12.5 Å². The normalized spacial score (nSPS) is 12.0. The maximum absolute atomic E-state index is 11.5. The van der Waals surface area contributed by atoms with Crippen molar-refractivity contribution in [2.24, 2.45) is 0 Å². The van der Waals surface area contributed by atoms with Gasteiger partial charge in [0.1, 0.15) is 31.3 Å². The van der Waals surface area contributed by atoms with Gasteiger partial charge in [0.05, 0.1) is 18.2 Å². The Morgan fingerprint density at radius 1 is 0.971 bits per heavy atom. The number of fused-ring (bicyclic) bond motifs is 1. The SMILES string of the molecule is Cc1cc(C=O)c(OCCCCC#N)cc1OCc1cccc(-c2ccc3c(c2)OCCO3)c1C. The zero-order valence-electron chi connectivity index (χ0n) is 20.1. The van der Waals surface area contributed by atoms with Gasteiger partial charge in [-0.1, -0.05) is 24.3 Å². The molecule has 1 heterocycles. The summed E-state index contributed by atoms with van der Waals surface area (Å²) in [7, 11) is 0. The predicted molar refractivity (Wildman–Crippen MR) is 133 cm³/mol. The van der Waals surface area contributed by atoms with E-state index in [1.165, 1.54) is 0 Å². The molecule has 0 atom stereocenters. The highest BCUT2D eigenvalue weighted by atomic mass is 16.6. The first kappa shape index (κ1) is 24.2. The molecule has 0 fully saturated rings. The van der Waals surface area contributed by atoms with E-state index in [1.54, 1.807) is 12.1 Å². The summed E-state index contributed by atoms with van der Waals surface area (Å²) in [5, 5.41) is 8.67. The molecule has 180 valence electrons. The lowest BCUT2D eigenvalue weighted by Crippen LogP contribution is -2.15. The minimum absolute atomic E-state index is 0.382. The number of nitrogens with zero attached hydrogens (tertiary/aromatic N) is 1. The van der Waals surface area contributed by atoms with Crippen molar-refractivity contribution >= 4 is 6.29 Å². The van der Waals surface area contributed by atoms with Gasteiger partial charge in [-0.05, 0) is 72.7 Å². The average Bonchev–Trinajstić information content (AvgIpc) is 2.88. The van der Waals surface area contributed by atoms with Crippen molar-refractivity contribution in [3.8, 4) is 40.2 Å². The van der Waals surface area contributed by atoms with Gasteiger partial charge in [-0.2, -0.15) is 5.26 Å². The van der Waals surface area contributed by atoms with Gasteiger partial charge in [0.25, 0.3) is 0 Å². The number of carbonyl (C=O) groups excluding carboxylic acids is 1. The molecular formula is C29H29NO5. The monoisotopic (exact) mass is 471 g/mol. The zero-order valence-corrected chi connectivity index (χ0v) is 20.1. The Morgan fingerprint density at radius 2 is 1.80 bits per heavy atom. The molecule has 0 radical (unpaired) electrons. The second-order valence-corrected chi connectivity index (χ2v) is 8.47. The molecule has 1 aliphatic heterocycles. The van der Waals surface area contributed by atoms with Crippen LogP contribution in [0.2, 0.25) is 0 Å². The summed E-state index contributed by atoms with van der Waals surface area (Å²) in [6.07, 6.45) is 2.81. The fourth-order valence-electron chi connectivity index (χ4n) is 4.07. The van der Waals surface area contributed by atoms with Crippen molar-refractivity contribution in [2.45, 2.75) is 39.7 Å². The van der Waals surface area contributed by atoms with Crippen molar-refractivity contribution in [2.75, 3.05) is 19.8 Å². The molecule has 0 aromatic heterocycles. The van der Waals surface area contributed by atoms with Crippen LogP contribution in [0.3, 0.4) is 0 Å². The second kappa shape index (κ2) is 11.4. The first-order chi connectivity index (χ1) is 17.1. The van der Waals surface area contributed by atoms with Crippen LogP contribution in [0.4, 0.5) is 0 Å². The maximum Gasteiger partial charge on any atom is 0.161 e. The van der Waals surface area contributed by atoms with Crippen LogP contribution >= 0.6 is 0 Å². The Kier molecular flexibility index (Phi) is 7.89. The molecule has 35 heavy (non-hydrogen) atoms. The van der Waals surface area contributed by atoms with Crippen molar-refractivity contribution < 1.29 is 23.7 Å². The van der Waals surface area contributed by atoms with Crippen molar-refractivity contribution in [3.05, 3.63) is 70.8 Å². The van der Waals surface area contributed by atoms with E-state index in [2.05, 4.69) is 25.1 Å². The van der Waals surface area contributed by atoms with Crippen molar-refractivity contribution in [1.82, 2.24) is 0 Å². The number of unbranched alkanes of at least 4 members (excludes halogenated alkanes) is 2. The zero-order chi connectivity index (χ0) is 24.6. The number of ether oxygens (including phenoxy) is 4. The highest BCUT2D eigenvalue weighted by Gasteiger charge is 2.15. The topological polar surface area (TPSA) is 77.8 Å². The first-order valence-electron chi connectivity index (χ1n) is 11.8. The third-order valence-corrected chi connectivity index (χ3v) is 6.06. The molecule has 4 rings (SSSR count). The van der Waals surface area contributed by atoms with E-state index in [0.717, 1.165) is 58.4 Å². The van der Waals surface area contributed by atoms with Gasteiger partial charge >= 0.3 is 0 Å². The van der Waals surface area contributed by atoms with Gasteiger partial charge < -0.3 is 18.9 Å². The third kappa shape index (κ3) is 5.75. The molecule has 1 aliphatic rings. The van der Waals surface area contributed by atoms with Crippen LogP contribution in [0.5, 0.6) is 23.0 Å². The highest BCUT2D eigenvalue weighted by Crippen LogP contribution is 2.36. The lowest BCUT2D eigenvalue weighted by atomic mass is 9.96. The fraction of sp³-hybridized carbons (Fsp3) is 0.310. The molecule has 0 spiro atoms. The fourth-order valence-corrected chi connectivity index (χ4v) is 4.07. The summed E-state index contributed by atoms with van der Waals surface area (Å²) < 4.78 is 23.4. The van der Waals surface area contributed by atoms with E-state index in [1.807, 2.05) is 31.2 Å². The van der Waals surface area contributed by atoms with Gasteiger partial charge in [-0.15, -0.1) is 0 Å². The van der Waals surface area contributed by atoms with Gasteiger partial charge in [0.15, 0.2) is 17.8 Å². The summed E-state index contributed by atoms with van der Waals surface area (Å²) in [6.45, 7) is 5.95. The largest absolute Gasteiger partial charge is 0.493 e. The van der Waals surface area contributed by atoms with Crippen LogP contribution in [-0.2, 0) is 6.61 Å². The van der Waals surface area contributed by atoms with Gasteiger partial charge in [-0.25, -0.2) is 0 Å². The highest BCUT2D eigenvalue weighted by molar-refractivity contribution is 5.80. The number of hydrogen-bond acceptors (Lipinski definition) is 6. The van der Waals surface area contributed by atoms with Crippen LogP contribution in [-0.4, -0.2) is 26.1 Å². The number of carbonyl (C=O) groups is 1. The molecule has 0 aliphatic carbocycles. The predicted octanol–water partition coefficient (Wildman–Crippen LogP) is 6.21. The van der Waals surface area contributed by atoms with E-state index in [0.29, 0.717) is 49.9 Å². The van der Waals surface area contributed by atoms with Gasteiger partial charge in [-0.3, -0.25) is 4.79 Å². The average molecular weight is 472 g/mol. The summed E-state index contributed by atoms with van der Waals surface area (Å²) in [5.41, 5.74) is 5.72. The lowest BCUT2D eigenvalue weighted by molar-refractivity contribution is 0.111. The van der Waals surface area contributed by atoms with Crippen LogP contribution in [0.15, 0.2) is 48.5 Å². The summed E-state index contributed by atoms with van der Waals surface area (Å²) >= 11 is 0. The number of benzene rings is 3. The summed E-state index contributed by atoms with van der Waals surface area (Å²) in [6, 6.07) is 17.9. The van der Waals surface area contributed by atoms with Crippen LogP contribution in [0.25, 0.3) is 11.1 Å². The van der Waals surface area contributed by atoms with Crippen molar-refractivity contribution in [3.63, 3.8) is 0 Å². The molecule has 3 aromatic rings. The summed E-state index contributed by atoms with van der Waals surface area (Å²) in [4.78, 5) is 11.5. The molecule has 0 N–H and O–H groups in total. The Morgan fingerprint density at radius 3 is 2.60 bits per heavy atom. The number of nitriles is 1. The van der Waals surface area contributed by atoms with E-state index < -0.39 is 0 Å². The van der Waals surface area contributed by atoms with Crippen LogP contribution in [0.1, 0.15) is 46.3 Å². The van der Waals surface area contributed by atoms with E-state index in [4.69, 9.17) is 24.2 Å². The molecule has 0 unspecified atom stereocenters. The molecule has 6 nitrogen and oxygen atoms in total. The lowest BCUT2D eigenvalue weighted by Gasteiger charge is -2.20. The van der Waals surface area contributed by atoms with E-state index >= 15 is 0 Å². The molecule has 6 heteroatoms. The molecule has 0 bridgehead atoms. The molecule has 0 amide bonds. The number of aryl methyl sites for hydroxylation is 1. The third-order valence-electron chi connectivity index (χ3n) is 6.06. The smallest absolute Gasteiger partial charge is 0.161 e. The Bertz CT molecular complexity index is 1240. The molecule has 3 aromatic carbocycles. The first-order valence-corrected chi connectivity index (χ1v) is 11.8. The number of hydrogen-bond donors (Lipinski definition) is 0. The molecule has 0 saturated carbocycles. The minimum Gasteiger partial charge on any atom is -0.493 e. The van der Waals surface area contributed by atoms with Crippen molar-refractivity contribution in [1.29, 1.82) is 5.26 Å². The van der Waals surface area contributed by atoms with Gasteiger partial charge in [0.2, 0.25) is 0 Å². The molecular weight excluding hydrogens is 442 g/mol. The van der Waals surface area contributed by atoms with Crippen LogP contribution < -0.4 is 18.9 Å². The standard InChI is InChI=1S/C29H29NO5/c1-20-15-24(18-31)28(32-12-5-3-4-11-30)17-27(20)35-19-23-7-6-8-25(21(23)2)22-9-10-26-29(16-22)34-14-13-33-26/h6-10,15-18H,3-5,12-14,19H2,1-2H3. The summed E-state index contributed by atoms with van der Waals surface area (Å²) in [5.74, 6) is 2.71. The minimum atomic E-state index is 0.382. The second-order valence-electron chi connectivity index (χ2n) is 8.47. The number of rotatable bonds is 10. The van der Waals surface area contributed by atoms with E-state index in [-0.39, 0.29) is 0 Å². The quantitative estimate of drug-likeness (QED) is 0.259. The van der Waals surface area contributed by atoms with E-state index in [9.17, 15) is 4.79 Å². The van der Waals surface area contributed by atoms with Crippen LogP contribution in [0, 0.1) is 25.2 Å². The number of aldehydes is 1. The maximum atomic E-state index is 11.5.